The number of H-pyrrole nitrogens is 1. The molecule has 4 heterocycles. The van der Waals surface area contributed by atoms with E-state index in [-0.39, 0.29) is 6.03 Å². The molecule has 3 aromatic rings. The Morgan fingerprint density at radius 2 is 2.16 bits per heavy atom. The Labute approximate surface area is 144 Å². The second-order valence-electron chi connectivity index (χ2n) is 5.95. The number of hydrogen-bond acceptors (Lipinski definition) is 5. The lowest BCUT2D eigenvalue weighted by Gasteiger charge is -2.32. The molecule has 0 unspecified atom stereocenters. The molecule has 1 fully saturated rings. The van der Waals surface area contributed by atoms with Crippen molar-refractivity contribution >= 4 is 11.7 Å². The normalized spacial score (nSPS) is 17.4. The van der Waals surface area contributed by atoms with E-state index in [9.17, 15) is 4.79 Å². The molecule has 0 saturated carbocycles. The van der Waals surface area contributed by atoms with Gasteiger partial charge >= 0.3 is 6.03 Å². The van der Waals surface area contributed by atoms with E-state index in [1.807, 2.05) is 11.0 Å². The van der Waals surface area contributed by atoms with E-state index in [0.29, 0.717) is 24.1 Å². The van der Waals surface area contributed by atoms with Gasteiger partial charge in [0.1, 0.15) is 0 Å². The minimum Gasteiger partial charge on any atom is -0.324 e. The average Bonchev–Trinajstić information content (AvgIpc) is 3.35. The molecule has 2 N–H and O–H groups in total. The minimum atomic E-state index is -0.127. The maximum Gasteiger partial charge on any atom is 0.321 e. The number of piperidine rings is 1. The predicted molar refractivity (Wildman–Crippen MR) is 90.3 cm³/mol. The van der Waals surface area contributed by atoms with Gasteiger partial charge in [0.05, 0.1) is 18.1 Å². The zero-order chi connectivity index (χ0) is 17.1. The molecular formula is C16H18N8O. The van der Waals surface area contributed by atoms with Crippen molar-refractivity contribution in [1.82, 2.24) is 34.8 Å². The zero-order valence-electron chi connectivity index (χ0n) is 13.5. The number of carbonyl (C=O) groups is 1. The van der Waals surface area contributed by atoms with E-state index in [4.69, 9.17) is 0 Å². The summed E-state index contributed by atoms with van der Waals surface area (Å²) in [7, 11) is 0. The van der Waals surface area contributed by atoms with Gasteiger partial charge in [-0.05, 0) is 25.0 Å². The largest absolute Gasteiger partial charge is 0.324 e. The number of hydrogen-bond donors (Lipinski definition) is 2. The van der Waals surface area contributed by atoms with Crippen molar-refractivity contribution in [3.63, 3.8) is 0 Å². The van der Waals surface area contributed by atoms with Crippen molar-refractivity contribution in [2.45, 2.75) is 18.8 Å². The lowest BCUT2D eigenvalue weighted by atomic mass is 9.95. The Morgan fingerprint density at radius 1 is 1.28 bits per heavy atom. The fourth-order valence-electron chi connectivity index (χ4n) is 3.02. The summed E-state index contributed by atoms with van der Waals surface area (Å²) in [5.74, 6) is 0.753. The monoisotopic (exact) mass is 338 g/mol. The molecule has 0 aromatic carbocycles. The van der Waals surface area contributed by atoms with Gasteiger partial charge in [0.2, 0.25) is 5.95 Å². The van der Waals surface area contributed by atoms with Crippen LogP contribution in [0.5, 0.6) is 0 Å². The van der Waals surface area contributed by atoms with Gasteiger partial charge in [-0.15, -0.1) is 0 Å². The average molecular weight is 338 g/mol. The fraction of sp³-hybridized carbons (Fsp3) is 0.312. The molecule has 1 atom stereocenters. The molecule has 2 amide bonds. The highest BCUT2D eigenvalue weighted by Crippen LogP contribution is 2.25. The summed E-state index contributed by atoms with van der Waals surface area (Å²) in [6.07, 6.45) is 10.3. The van der Waals surface area contributed by atoms with Crippen LogP contribution < -0.4 is 5.32 Å². The van der Waals surface area contributed by atoms with Crippen molar-refractivity contribution in [2.24, 2.45) is 0 Å². The van der Waals surface area contributed by atoms with E-state index in [1.165, 1.54) is 4.68 Å². The number of aromatic nitrogens is 6. The van der Waals surface area contributed by atoms with Crippen LogP contribution in [-0.2, 0) is 0 Å². The van der Waals surface area contributed by atoms with E-state index in [2.05, 4.69) is 30.6 Å². The van der Waals surface area contributed by atoms with E-state index >= 15 is 0 Å². The Kier molecular flexibility index (Phi) is 4.11. The highest BCUT2D eigenvalue weighted by Gasteiger charge is 2.25. The Balaban J connectivity index is 1.41. The molecule has 0 aliphatic carbocycles. The van der Waals surface area contributed by atoms with Crippen LogP contribution >= 0.6 is 0 Å². The van der Waals surface area contributed by atoms with Crippen LogP contribution in [0.3, 0.4) is 0 Å². The third-order valence-electron chi connectivity index (χ3n) is 4.26. The summed E-state index contributed by atoms with van der Waals surface area (Å²) in [6.45, 7) is 1.41. The van der Waals surface area contributed by atoms with Crippen LogP contribution in [-0.4, -0.2) is 54.0 Å². The second kappa shape index (κ2) is 6.71. The first-order valence-electron chi connectivity index (χ1n) is 8.17. The van der Waals surface area contributed by atoms with Crippen LogP contribution in [0.4, 0.5) is 10.5 Å². The van der Waals surface area contributed by atoms with Crippen molar-refractivity contribution in [2.75, 3.05) is 18.4 Å². The van der Waals surface area contributed by atoms with Gasteiger partial charge in [-0.3, -0.25) is 5.10 Å². The first kappa shape index (κ1) is 15.3. The first-order chi connectivity index (χ1) is 12.3. The van der Waals surface area contributed by atoms with Gasteiger partial charge in [-0.25, -0.2) is 19.4 Å². The molecule has 1 aliphatic heterocycles. The number of aromatic amines is 1. The first-order valence-corrected chi connectivity index (χ1v) is 8.17. The molecular weight excluding hydrogens is 320 g/mol. The molecule has 1 aliphatic rings. The van der Waals surface area contributed by atoms with Gasteiger partial charge in [-0.1, -0.05) is 0 Å². The molecule has 1 saturated heterocycles. The standard InChI is InChI=1S/C16H18N8O/c25-16(23-8-1-3-12(10-23)14-4-7-19-22-14)21-13-9-20-24(11-13)15-17-5-2-6-18-15/h2,4-7,9,11-12H,1,3,8,10H2,(H,19,22)(H,21,25)/t12-/m0/s1. The van der Waals surface area contributed by atoms with Crippen molar-refractivity contribution < 1.29 is 4.79 Å². The highest BCUT2D eigenvalue weighted by atomic mass is 16.2. The molecule has 0 radical (unpaired) electrons. The van der Waals surface area contributed by atoms with Crippen molar-refractivity contribution in [3.8, 4) is 5.95 Å². The summed E-state index contributed by atoms with van der Waals surface area (Å²) < 4.78 is 1.53. The number of likely N-dealkylation sites (tertiary alicyclic amines) is 1. The maximum absolute atomic E-state index is 12.5. The summed E-state index contributed by atoms with van der Waals surface area (Å²) >= 11 is 0. The topological polar surface area (TPSA) is 105 Å². The summed E-state index contributed by atoms with van der Waals surface area (Å²) in [5.41, 5.74) is 1.69. The summed E-state index contributed by atoms with van der Waals surface area (Å²) in [5, 5.41) is 14.1. The van der Waals surface area contributed by atoms with E-state index < -0.39 is 0 Å². The number of carbonyl (C=O) groups excluding carboxylic acids is 1. The molecule has 128 valence electrons. The van der Waals surface area contributed by atoms with Crippen LogP contribution in [0.15, 0.2) is 43.1 Å². The number of amides is 2. The minimum absolute atomic E-state index is 0.127. The third-order valence-corrected chi connectivity index (χ3v) is 4.26. The number of rotatable bonds is 3. The van der Waals surface area contributed by atoms with Gasteiger partial charge < -0.3 is 10.2 Å². The third kappa shape index (κ3) is 3.35. The lowest BCUT2D eigenvalue weighted by Crippen LogP contribution is -2.41. The fourth-order valence-corrected chi connectivity index (χ4v) is 3.02. The number of anilines is 1. The van der Waals surface area contributed by atoms with Crippen LogP contribution in [0, 0.1) is 0 Å². The van der Waals surface area contributed by atoms with Crippen LogP contribution in [0.25, 0.3) is 5.95 Å². The molecule has 25 heavy (non-hydrogen) atoms. The van der Waals surface area contributed by atoms with Crippen LogP contribution in [0.1, 0.15) is 24.5 Å². The van der Waals surface area contributed by atoms with E-state index in [0.717, 1.165) is 25.1 Å². The van der Waals surface area contributed by atoms with Gasteiger partial charge in [0.25, 0.3) is 0 Å². The number of nitrogens with zero attached hydrogens (tertiary/aromatic N) is 6. The number of urea groups is 1. The smallest absolute Gasteiger partial charge is 0.321 e. The van der Waals surface area contributed by atoms with Crippen molar-refractivity contribution in [1.29, 1.82) is 0 Å². The SMILES string of the molecule is O=C(Nc1cnn(-c2ncccn2)c1)N1CCC[C@H](c2ccn[nH]2)C1. The molecule has 9 nitrogen and oxygen atoms in total. The van der Waals surface area contributed by atoms with E-state index in [1.54, 1.807) is 37.1 Å². The predicted octanol–water partition coefficient (Wildman–Crippen LogP) is 1.80. The molecule has 0 bridgehead atoms. The number of nitrogens with one attached hydrogen (secondary N) is 2. The second-order valence-corrected chi connectivity index (χ2v) is 5.95. The van der Waals surface area contributed by atoms with Crippen LogP contribution in [0.2, 0.25) is 0 Å². The Morgan fingerprint density at radius 3 is 2.96 bits per heavy atom. The van der Waals surface area contributed by atoms with Gasteiger partial charge in [-0.2, -0.15) is 10.2 Å². The maximum atomic E-state index is 12.5. The highest BCUT2D eigenvalue weighted by molar-refractivity contribution is 5.89. The lowest BCUT2D eigenvalue weighted by molar-refractivity contribution is 0.192. The Bertz CT molecular complexity index is 829. The molecule has 3 aromatic heterocycles. The quantitative estimate of drug-likeness (QED) is 0.757. The Hall–Kier alpha value is -3.23. The van der Waals surface area contributed by atoms with Crippen molar-refractivity contribution in [3.05, 3.63) is 48.8 Å². The molecule has 0 spiro atoms. The molecule has 9 heteroatoms. The molecule has 4 rings (SSSR count). The zero-order valence-corrected chi connectivity index (χ0v) is 13.5. The summed E-state index contributed by atoms with van der Waals surface area (Å²) in [6, 6.07) is 3.58. The van der Waals surface area contributed by atoms with Gasteiger partial charge in [0.15, 0.2) is 0 Å². The van der Waals surface area contributed by atoms with Gasteiger partial charge in [0, 0.05) is 43.3 Å². The summed E-state index contributed by atoms with van der Waals surface area (Å²) in [4.78, 5) is 22.6.